The Hall–Kier alpha value is -2.63. The van der Waals surface area contributed by atoms with Crippen LogP contribution in [0.25, 0.3) is 11.3 Å². The highest BCUT2D eigenvalue weighted by atomic mass is 16.5. The molecule has 0 saturated carbocycles. The van der Waals surface area contributed by atoms with Crippen LogP contribution in [0.4, 0.5) is 0 Å². The maximum Gasteiger partial charge on any atom is 0.126 e. The average molecular weight is 349 g/mol. The smallest absolute Gasteiger partial charge is 0.126 e. The lowest BCUT2D eigenvalue weighted by molar-refractivity contribution is -0.0156. The van der Waals surface area contributed by atoms with Gasteiger partial charge in [0, 0.05) is 18.7 Å². The Balaban J connectivity index is 1.56. The molecule has 0 radical (unpaired) electrons. The third-order valence-electron chi connectivity index (χ3n) is 4.76. The Kier molecular flexibility index (Phi) is 5.00. The fraction of sp³-hybridized carbons (Fsp3) is 0.286. The number of imidazole rings is 1. The molecule has 26 heavy (non-hydrogen) atoms. The number of benzene rings is 2. The van der Waals surface area contributed by atoms with Crippen molar-refractivity contribution in [1.82, 2.24) is 14.9 Å². The molecule has 0 spiro atoms. The van der Waals surface area contributed by atoms with E-state index in [0.717, 1.165) is 42.5 Å². The highest BCUT2D eigenvalue weighted by Gasteiger charge is 2.27. The molecular formula is C21H23N3O2. The highest BCUT2D eigenvalue weighted by molar-refractivity contribution is 5.60. The fourth-order valence-electron chi connectivity index (χ4n) is 3.34. The van der Waals surface area contributed by atoms with Crippen LogP contribution in [-0.4, -0.2) is 41.7 Å². The molecule has 5 nitrogen and oxygen atoms in total. The SMILES string of the molecule is COc1cccc(-c2cnc([C@@H]3COCCN3Cc3ccccc3)[nH]2)c1. The summed E-state index contributed by atoms with van der Waals surface area (Å²) in [4.78, 5) is 10.5. The summed E-state index contributed by atoms with van der Waals surface area (Å²) in [7, 11) is 1.68. The van der Waals surface area contributed by atoms with Crippen molar-refractivity contribution >= 4 is 0 Å². The Bertz CT molecular complexity index is 847. The molecule has 3 aromatic rings. The normalized spacial score (nSPS) is 18.0. The Morgan fingerprint density at radius 2 is 2.08 bits per heavy atom. The number of aromatic amines is 1. The van der Waals surface area contributed by atoms with Crippen LogP contribution in [0.3, 0.4) is 0 Å². The first-order chi connectivity index (χ1) is 12.8. The van der Waals surface area contributed by atoms with Crippen molar-refractivity contribution in [3.05, 3.63) is 72.2 Å². The molecule has 2 aromatic carbocycles. The van der Waals surface area contributed by atoms with Crippen LogP contribution in [0.5, 0.6) is 5.75 Å². The van der Waals surface area contributed by atoms with Crippen molar-refractivity contribution < 1.29 is 9.47 Å². The van der Waals surface area contributed by atoms with Crippen LogP contribution in [0, 0.1) is 0 Å². The second kappa shape index (κ2) is 7.72. The lowest BCUT2D eigenvalue weighted by Crippen LogP contribution is -2.39. The van der Waals surface area contributed by atoms with Gasteiger partial charge in [-0.15, -0.1) is 0 Å². The number of methoxy groups -OCH3 is 1. The van der Waals surface area contributed by atoms with Crippen molar-refractivity contribution in [1.29, 1.82) is 0 Å². The predicted octanol–water partition coefficient (Wildman–Crippen LogP) is 3.66. The summed E-state index contributed by atoms with van der Waals surface area (Å²) in [5, 5.41) is 0. The van der Waals surface area contributed by atoms with Gasteiger partial charge in [-0.3, -0.25) is 4.90 Å². The topological polar surface area (TPSA) is 50.4 Å². The summed E-state index contributed by atoms with van der Waals surface area (Å²) < 4.78 is 11.1. The number of H-pyrrole nitrogens is 1. The predicted molar refractivity (Wildman–Crippen MR) is 101 cm³/mol. The monoisotopic (exact) mass is 349 g/mol. The van der Waals surface area contributed by atoms with Gasteiger partial charge in [-0.05, 0) is 17.7 Å². The van der Waals surface area contributed by atoms with Gasteiger partial charge >= 0.3 is 0 Å². The molecule has 1 aromatic heterocycles. The molecule has 5 heteroatoms. The molecular weight excluding hydrogens is 326 g/mol. The van der Waals surface area contributed by atoms with E-state index in [1.165, 1.54) is 5.56 Å². The molecule has 0 amide bonds. The van der Waals surface area contributed by atoms with Gasteiger partial charge in [0.25, 0.3) is 0 Å². The van der Waals surface area contributed by atoms with Crippen LogP contribution in [0.15, 0.2) is 60.8 Å². The lowest BCUT2D eigenvalue weighted by Gasteiger charge is -2.34. The van der Waals surface area contributed by atoms with E-state index >= 15 is 0 Å². The summed E-state index contributed by atoms with van der Waals surface area (Å²) in [5.74, 6) is 1.78. The first-order valence-electron chi connectivity index (χ1n) is 8.88. The zero-order valence-electron chi connectivity index (χ0n) is 14.9. The molecule has 2 heterocycles. The molecule has 1 aliphatic rings. The van der Waals surface area contributed by atoms with Gasteiger partial charge in [-0.2, -0.15) is 0 Å². The van der Waals surface area contributed by atoms with Crippen LogP contribution >= 0.6 is 0 Å². The van der Waals surface area contributed by atoms with E-state index in [-0.39, 0.29) is 6.04 Å². The Labute approximate surface area is 153 Å². The van der Waals surface area contributed by atoms with Crippen LogP contribution in [-0.2, 0) is 11.3 Å². The van der Waals surface area contributed by atoms with Crippen LogP contribution < -0.4 is 4.74 Å². The summed E-state index contributed by atoms with van der Waals surface area (Å²) in [6.45, 7) is 3.20. The number of hydrogen-bond acceptors (Lipinski definition) is 4. The Morgan fingerprint density at radius 1 is 1.19 bits per heavy atom. The second-order valence-corrected chi connectivity index (χ2v) is 6.46. The molecule has 1 N–H and O–H groups in total. The minimum absolute atomic E-state index is 0.128. The maximum absolute atomic E-state index is 5.73. The van der Waals surface area contributed by atoms with E-state index in [4.69, 9.17) is 9.47 Å². The van der Waals surface area contributed by atoms with Gasteiger partial charge in [-0.1, -0.05) is 42.5 Å². The third-order valence-corrected chi connectivity index (χ3v) is 4.76. The summed E-state index contributed by atoms with van der Waals surface area (Å²) in [6, 6.07) is 18.7. The van der Waals surface area contributed by atoms with E-state index in [1.54, 1.807) is 7.11 Å². The van der Waals surface area contributed by atoms with Crippen molar-refractivity contribution in [2.75, 3.05) is 26.9 Å². The average Bonchev–Trinajstić information content (AvgIpc) is 3.19. The molecule has 0 unspecified atom stereocenters. The molecule has 134 valence electrons. The zero-order valence-corrected chi connectivity index (χ0v) is 14.9. The van der Waals surface area contributed by atoms with E-state index in [2.05, 4.69) is 45.2 Å². The first-order valence-corrected chi connectivity index (χ1v) is 8.88. The summed E-state index contributed by atoms with van der Waals surface area (Å²) >= 11 is 0. The Morgan fingerprint density at radius 3 is 2.92 bits per heavy atom. The molecule has 1 fully saturated rings. The lowest BCUT2D eigenvalue weighted by atomic mass is 10.1. The molecule has 1 atom stereocenters. The maximum atomic E-state index is 5.73. The van der Waals surface area contributed by atoms with Crippen molar-refractivity contribution in [2.45, 2.75) is 12.6 Å². The van der Waals surface area contributed by atoms with E-state index in [1.807, 2.05) is 30.5 Å². The molecule has 0 aliphatic carbocycles. The van der Waals surface area contributed by atoms with Gasteiger partial charge < -0.3 is 14.5 Å². The van der Waals surface area contributed by atoms with Crippen LogP contribution in [0.2, 0.25) is 0 Å². The van der Waals surface area contributed by atoms with Crippen molar-refractivity contribution in [3.63, 3.8) is 0 Å². The van der Waals surface area contributed by atoms with Crippen molar-refractivity contribution in [3.8, 4) is 17.0 Å². The number of nitrogens with one attached hydrogen (secondary N) is 1. The fourth-order valence-corrected chi connectivity index (χ4v) is 3.34. The minimum Gasteiger partial charge on any atom is -0.497 e. The number of ether oxygens (including phenoxy) is 2. The largest absolute Gasteiger partial charge is 0.497 e. The highest BCUT2D eigenvalue weighted by Crippen LogP contribution is 2.27. The first kappa shape index (κ1) is 16.8. The van der Waals surface area contributed by atoms with Gasteiger partial charge in [-0.25, -0.2) is 4.98 Å². The number of aromatic nitrogens is 2. The number of morpholine rings is 1. The van der Waals surface area contributed by atoms with Gasteiger partial charge in [0.15, 0.2) is 0 Å². The molecule has 1 saturated heterocycles. The zero-order chi connectivity index (χ0) is 17.8. The van der Waals surface area contributed by atoms with Crippen LogP contribution in [0.1, 0.15) is 17.4 Å². The third kappa shape index (κ3) is 3.64. The summed E-state index contributed by atoms with van der Waals surface area (Å²) in [5.41, 5.74) is 3.36. The van der Waals surface area contributed by atoms with Gasteiger partial charge in [0.05, 0.1) is 38.3 Å². The van der Waals surface area contributed by atoms with Gasteiger partial charge in [0.2, 0.25) is 0 Å². The molecule has 1 aliphatic heterocycles. The quantitative estimate of drug-likeness (QED) is 0.764. The van der Waals surface area contributed by atoms with Gasteiger partial charge in [0.1, 0.15) is 11.6 Å². The van der Waals surface area contributed by atoms with E-state index < -0.39 is 0 Å². The van der Waals surface area contributed by atoms with E-state index in [0.29, 0.717) is 6.61 Å². The van der Waals surface area contributed by atoms with Crippen molar-refractivity contribution in [2.24, 2.45) is 0 Å². The molecule has 4 rings (SSSR count). The standard InChI is InChI=1S/C21H23N3O2/c1-25-18-9-5-8-17(12-18)19-13-22-21(23-19)20-15-26-11-10-24(20)14-16-6-3-2-4-7-16/h2-9,12-13,20H,10-11,14-15H2,1H3,(H,22,23)/t20-/m0/s1. The van der Waals surface area contributed by atoms with E-state index in [9.17, 15) is 0 Å². The molecule has 0 bridgehead atoms. The number of hydrogen-bond donors (Lipinski definition) is 1. The minimum atomic E-state index is 0.128. The summed E-state index contributed by atoms with van der Waals surface area (Å²) in [6.07, 6.45) is 1.89. The number of rotatable bonds is 5. The number of nitrogens with zero attached hydrogens (tertiary/aromatic N) is 2. The second-order valence-electron chi connectivity index (χ2n) is 6.46.